The zero-order chi connectivity index (χ0) is 37.7. The number of phosphoric acid groups is 1. The number of hydrogen-bond acceptors (Lipinski definition) is 7. The van der Waals surface area contributed by atoms with Crippen LogP contribution < -0.4 is 0 Å². The Bertz CT molecular complexity index is 1110. The number of carbonyl (C=O) groups is 3. The molecule has 0 amide bonds. The second-order valence-corrected chi connectivity index (χ2v) is 13.8. The highest BCUT2D eigenvalue weighted by atomic mass is 31.2. The van der Waals surface area contributed by atoms with Crippen molar-refractivity contribution in [2.24, 2.45) is 0 Å². The van der Waals surface area contributed by atoms with Gasteiger partial charge in [0.05, 0.1) is 6.61 Å². The van der Waals surface area contributed by atoms with E-state index in [1.54, 1.807) is 12.2 Å². The molecule has 0 aliphatic rings. The summed E-state index contributed by atoms with van der Waals surface area (Å²) in [4.78, 5) is 54.4. The molecule has 0 aliphatic carbocycles. The van der Waals surface area contributed by atoms with E-state index in [9.17, 15) is 18.9 Å². The summed E-state index contributed by atoms with van der Waals surface area (Å²) < 4.78 is 26.2. The normalized spacial score (nSPS) is 13.2. The highest BCUT2D eigenvalue weighted by Gasteiger charge is 2.22. The van der Waals surface area contributed by atoms with Gasteiger partial charge in [0.1, 0.15) is 6.61 Å². The van der Waals surface area contributed by atoms with Crippen LogP contribution in [0, 0.1) is 0 Å². The van der Waals surface area contributed by atoms with Gasteiger partial charge in [-0.15, -0.1) is 0 Å². The highest BCUT2D eigenvalue weighted by Crippen LogP contribution is 2.36. The zero-order valence-electron chi connectivity index (χ0n) is 31.5. The molecule has 0 spiro atoms. The van der Waals surface area contributed by atoms with Crippen LogP contribution in [0.3, 0.4) is 0 Å². The Hall–Kier alpha value is -2.84. The second kappa shape index (κ2) is 35.6. The van der Waals surface area contributed by atoms with E-state index in [-0.39, 0.29) is 25.2 Å². The summed E-state index contributed by atoms with van der Waals surface area (Å²) in [7, 11) is -4.78. The second-order valence-electron chi connectivity index (χ2n) is 12.6. The molecule has 0 fully saturated rings. The van der Waals surface area contributed by atoms with Gasteiger partial charge < -0.3 is 19.3 Å². The first-order chi connectivity index (χ1) is 24.7. The predicted octanol–water partition coefficient (Wildman–Crippen LogP) is 10.7. The maximum atomic E-state index is 12.4. The topological polar surface area (TPSA) is 136 Å². The van der Waals surface area contributed by atoms with Gasteiger partial charge in [0.2, 0.25) is 0 Å². The Morgan fingerprint density at radius 2 is 1.10 bits per heavy atom. The van der Waals surface area contributed by atoms with E-state index in [0.717, 1.165) is 70.6 Å². The lowest BCUT2D eigenvalue weighted by atomic mass is 10.1. The standard InChI is InChI=1S/C41H67O9P/c1-3-5-7-8-9-10-11-12-13-14-17-21-24-27-31-35-41(44)50-39(37-49-51(45,46)47)36-48-40(43)34-30-26-23-20-18-15-16-19-22-25-29-33-38(42)32-28-6-4-2/h10-13,15-16,20,22-23,25,29,33,39H,3-9,14,17-19,21,24,26-28,30-32,34-37H2,1-2H3,(H2,45,46,47)/b11-10-,13-12-,16-15-,23-20-,25-22-,33-29+/t39-/m1/s1. The van der Waals surface area contributed by atoms with Crippen LogP contribution in [-0.4, -0.2) is 46.8 Å². The summed E-state index contributed by atoms with van der Waals surface area (Å²) in [5.74, 6) is -0.846. The Morgan fingerprint density at radius 3 is 1.78 bits per heavy atom. The van der Waals surface area contributed by atoms with E-state index in [0.29, 0.717) is 25.7 Å². The SMILES string of the molecule is CCCCCC/C=C\C=C/CCCCCCCC(=O)O[C@H](COC(=O)CCC/C=C\C/C=C\C/C=C\C=C\C(=O)CCCCC)COP(=O)(O)O. The molecule has 9 nitrogen and oxygen atoms in total. The molecule has 0 saturated heterocycles. The molecule has 1 atom stereocenters. The molecular weight excluding hydrogens is 667 g/mol. The molecule has 290 valence electrons. The van der Waals surface area contributed by atoms with Crippen LogP contribution in [0.1, 0.15) is 149 Å². The van der Waals surface area contributed by atoms with Crippen LogP contribution >= 0.6 is 7.82 Å². The molecule has 0 aromatic carbocycles. The fourth-order valence-corrected chi connectivity index (χ4v) is 5.14. The molecular formula is C41H67O9P. The van der Waals surface area contributed by atoms with Crippen molar-refractivity contribution in [1.82, 2.24) is 0 Å². The summed E-state index contributed by atoms with van der Waals surface area (Å²) >= 11 is 0. The molecule has 0 heterocycles. The van der Waals surface area contributed by atoms with Crippen LogP contribution in [0.2, 0.25) is 0 Å². The Kier molecular flexibility index (Phi) is 33.6. The minimum Gasteiger partial charge on any atom is -0.462 e. The van der Waals surface area contributed by atoms with Crippen molar-refractivity contribution in [2.75, 3.05) is 13.2 Å². The third-order valence-electron chi connectivity index (χ3n) is 7.70. The average molecular weight is 735 g/mol. The average Bonchev–Trinajstić information content (AvgIpc) is 3.09. The zero-order valence-corrected chi connectivity index (χ0v) is 32.4. The molecule has 0 unspecified atom stereocenters. The van der Waals surface area contributed by atoms with E-state index in [1.807, 2.05) is 36.5 Å². The van der Waals surface area contributed by atoms with Crippen molar-refractivity contribution < 1.29 is 42.7 Å². The van der Waals surface area contributed by atoms with Gasteiger partial charge in [-0.25, -0.2) is 4.57 Å². The number of esters is 2. The first-order valence-electron chi connectivity index (χ1n) is 19.2. The van der Waals surface area contributed by atoms with Crippen molar-refractivity contribution >= 4 is 25.5 Å². The van der Waals surface area contributed by atoms with Gasteiger partial charge in [0.15, 0.2) is 11.9 Å². The van der Waals surface area contributed by atoms with E-state index in [4.69, 9.17) is 19.3 Å². The lowest BCUT2D eigenvalue weighted by Crippen LogP contribution is -2.29. The van der Waals surface area contributed by atoms with Crippen molar-refractivity contribution in [3.63, 3.8) is 0 Å². The molecule has 2 N–H and O–H groups in total. The fraction of sp³-hybridized carbons (Fsp3) is 0.634. The molecule has 0 aliphatic heterocycles. The van der Waals surface area contributed by atoms with E-state index in [1.165, 1.54) is 25.7 Å². The van der Waals surface area contributed by atoms with E-state index in [2.05, 4.69) is 42.7 Å². The van der Waals surface area contributed by atoms with Gasteiger partial charge in [-0.2, -0.15) is 0 Å². The number of phosphoric ester groups is 1. The maximum Gasteiger partial charge on any atom is 0.469 e. The number of ether oxygens (including phenoxy) is 2. The van der Waals surface area contributed by atoms with Crippen molar-refractivity contribution in [2.45, 2.75) is 155 Å². The summed E-state index contributed by atoms with van der Waals surface area (Å²) in [5.41, 5.74) is 0. The molecule has 0 bridgehead atoms. The number of carbonyl (C=O) groups excluding carboxylic acids is 3. The van der Waals surface area contributed by atoms with Gasteiger partial charge >= 0.3 is 19.8 Å². The third-order valence-corrected chi connectivity index (χ3v) is 8.19. The first kappa shape index (κ1) is 48.2. The summed E-state index contributed by atoms with van der Waals surface area (Å²) in [6.07, 6.45) is 41.8. The maximum absolute atomic E-state index is 12.4. The van der Waals surface area contributed by atoms with Crippen LogP contribution in [-0.2, 0) is 32.9 Å². The quantitative estimate of drug-likeness (QED) is 0.0165. The van der Waals surface area contributed by atoms with Gasteiger partial charge in [-0.1, -0.05) is 132 Å². The minimum atomic E-state index is -4.78. The number of hydrogen-bond donors (Lipinski definition) is 2. The number of unbranched alkanes of at least 4 members (excludes halogenated alkanes) is 12. The molecule has 0 rings (SSSR count). The number of ketones is 1. The molecule has 0 aromatic heterocycles. The van der Waals surface area contributed by atoms with Crippen molar-refractivity contribution in [1.29, 1.82) is 0 Å². The summed E-state index contributed by atoms with van der Waals surface area (Å²) in [5, 5.41) is 0. The summed E-state index contributed by atoms with van der Waals surface area (Å²) in [6.45, 7) is 3.42. The van der Waals surface area contributed by atoms with E-state index >= 15 is 0 Å². The first-order valence-corrected chi connectivity index (χ1v) is 20.7. The minimum absolute atomic E-state index is 0.158. The van der Waals surface area contributed by atoms with Gasteiger partial charge in [-0.3, -0.25) is 18.9 Å². The van der Waals surface area contributed by atoms with Crippen molar-refractivity contribution in [3.05, 3.63) is 72.9 Å². The van der Waals surface area contributed by atoms with Crippen LogP contribution in [0.5, 0.6) is 0 Å². The van der Waals surface area contributed by atoms with E-state index < -0.39 is 32.5 Å². The fourth-order valence-electron chi connectivity index (χ4n) is 4.78. The van der Waals surface area contributed by atoms with Crippen LogP contribution in [0.25, 0.3) is 0 Å². The third kappa shape index (κ3) is 38.2. The van der Waals surface area contributed by atoms with Crippen molar-refractivity contribution in [3.8, 4) is 0 Å². The smallest absolute Gasteiger partial charge is 0.462 e. The summed E-state index contributed by atoms with van der Waals surface area (Å²) in [6, 6.07) is 0. The molecule has 10 heteroatoms. The Balaban J connectivity index is 4.16. The highest BCUT2D eigenvalue weighted by molar-refractivity contribution is 7.46. The Morgan fingerprint density at radius 1 is 0.569 bits per heavy atom. The van der Waals surface area contributed by atoms with Crippen LogP contribution in [0.4, 0.5) is 0 Å². The Labute approximate surface area is 308 Å². The molecule has 0 aromatic rings. The monoisotopic (exact) mass is 734 g/mol. The van der Waals surface area contributed by atoms with Gasteiger partial charge in [0, 0.05) is 19.3 Å². The van der Waals surface area contributed by atoms with Gasteiger partial charge in [-0.05, 0) is 70.3 Å². The van der Waals surface area contributed by atoms with Gasteiger partial charge in [0.25, 0.3) is 0 Å². The van der Waals surface area contributed by atoms with Crippen LogP contribution in [0.15, 0.2) is 72.9 Å². The lowest BCUT2D eigenvalue weighted by Gasteiger charge is -2.18. The largest absolute Gasteiger partial charge is 0.469 e. The lowest BCUT2D eigenvalue weighted by molar-refractivity contribution is -0.161. The molecule has 0 saturated carbocycles. The molecule has 0 radical (unpaired) electrons. The predicted molar refractivity (Wildman–Crippen MR) is 207 cm³/mol. The number of rotatable bonds is 34. The number of allylic oxidation sites excluding steroid dienone is 12. The molecule has 51 heavy (non-hydrogen) atoms.